The second-order valence-electron chi connectivity index (χ2n) is 6.85. The highest BCUT2D eigenvalue weighted by Gasteiger charge is 2.32. The number of hydrogen-bond donors (Lipinski definition) is 0. The molecule has 0 bridgehead atoms. The van der Waals surface area contributed by atoms with E-state index in [1.807, 2.05) is 0 Å². The van der Waals surface area contributed by atoms with Gasteiger partial charge in [-0.1, -0.05) is 46.0 Å². The summed E-state index contributed by atoms with van der Waals surface area (Å²) in [5.41, 5.74) is 0. The number of ether oxygens (including phenoxy) is 2. The molecule has 1 saturated heterocycles. The van der Waals surface area contributed by atoms with Crippen LogP contribution >= 0.6 is 0 Å². The Bertz CT molecular complexity index is 246. The highest BCUT2D eigenvalue weighted by atomic mass is 16.7. The van der Waals surface area contributed by atoms with Crippen molar-refractivity contribution in [3.05, 3.63) is 0 Å². The fourth-order valence-electron chi connectivity index (χ4n) is 3.85. The molecule has 20 heavy (non-hydrogen) atoms. The van der Waals surface area contributed by atoms with E-state index in [1.165, 1.54) is 64.2 Å². The third-order valence-corrected chi connectivity index (χ3v) is 5.15. The Balaban J connectivity index is 1.70. The van der Waals surface area contributed by atoms with E-state index in [4.69, 9.17) is 9.47 Å². The maximum absolute atomic E-state index is 6.25. The van der Waals surface area contributed by atoms with Crippen molar-refractivity contribution in [1.29, 1.82) is 0 Å². The molecule has 0 spiro atoms. The summed E-state index contributed by atoms with van der Waals surface area (Å²) in [7, 11) is 0. The summed E-state index contributed by atoms with van der Waals surface area (Å²) in [6, 6.07) is 0. The first-order valence-corrected chi connectivity index (χ1v) is 9.10. The molecule has 1 aliphatic carbocycles. The predicted molar refractivity (Wildman–Crippen MR) is 83.7 cm³/mol. The van der Waals surface area contributed by atoms with Gasteiger partial charge in [-0.05, 0) is 44.4 Å². The van der Waals surface area contributed by atoms with E-state index in [1.54, 1.807) is 0 Å². The summed E-state index contributed by atoms with van der Waals surface area (Å²) >= 11 is 0. The molecule has 2 nitrogen and oxygen atoms in total. The predicted octanol–water partition coefficient (Wildman–Crippen LogP) is 5.30. The van der Waals surface area contributed by atoms with Gasteiger partial charge in [-0.15, -0.1) is 0 Å². The highest BCUT2D eigenvalue weighted by molar-refractivity contribution is 4.77. The molecule has 0 amide bonds. The topological polar surface area (TPSA) is 18.5 Å². The van der Waals surface area contributed by atoms with E-state index < -0.39 is 0 Å². The average molecular weight is 282 g/mol. The Morgan fingerprint density at radius 3 is 2.35 bits per heavy atom. The van der Waals surface area contributed by atoms with Crippen LogP contribution in [0.2, 0.25) is 0 Å². The third-order valence-electron chi connectivity index (χ3n) is 5.15. The lowest BCUT2D eigenvalue weighted by molar-refractivity contribution is -0.241. The van der Waals surface area contributed by atoms with Gasteiger partial charge in [0.1, 0.15) is 0 Å². The summed E-state index contributed by atoms with van der Waals surface area (Å²) in [4.78, 5) is 0. The minimum Gasteiger partial charge on any atom is -0.352 e. The fourth-order valence-corrected chi connectivity index (χ4v) is 3.85. The van der Waals surface area contributed by atoms with Crippen molar-refractivity contribution in [2.45, 2.75) is 96.9 Å². The van der Waals surface area contributed by atoms with Crippen LogP contribution in [0, 0.1) is 11.8 Å². The monoisotopic (exact) mass is 282 g/mol. The second kappa shape index (κ2) is 9.04. The molecule has 2 aliphatic rings. The Hall–Kier alpha value is -0.0800. The highest BCUT2D eigenvalue weighted by Crippen LogP contribution is 2.36. The van der Waals surface area contributed by atoms with Crippen LogP contribution in [0.4, 0.5) is 0 Å². The maximum atomic E-state index is 6.25. The van der Waals surface area contributed by atoms with Crippen molar-refractivity contribution in [2.75, 3.05) is 6.61 Å². The largest absolute Gasteiger partial charge is 0.352 e. The van der Waals surface area contributed by atoms with Crippen molar-refractivity contribution in [3.8, 4) is 0 Å². The van der Waals surface area contributed by atoms with Gasteiger partial charge in [0.15, 0.2) is 6.29 Å². The van der Waals surface area contributed by atoms with Crippen molar-refractivity contribution in [3.63, 3.8) is 0 Å². The zero-order chi connectivity index (χ0) is 14.2. The summed E-state index contributed by atoms with van der Waals surface area (Å²) in [5.74, 6) is 1.64. The minimum atomic E-state index is 0.109. The Morgan fingerprint density at radius 1 is 0.850 bits per heavy atom. The van der Waals surface area contributed by atoms with Gasteiger partial charge in [0.25, 0.3) is 0 Å². The van der Waals surface area contributed by atoms with Gasteiger partial charge in [-0.25, -0.2) is 0 Å². The summed E-state index contributed by atoms with van der Waals surface area (Å²) in [6.07, 6.45) is 15.0. The van der Waals surface area contributed by atoms with Gasteiger partial charge in [0, 0.05) is 5.92 Å². The summed E-state index contributed by atoms with van der Waals surface area (Å²) in [5, 5.41) is 0. The summed E-state index contributed by atoms with van der Waals surface area (Å²) < 4.78 is 12.2. The normalized spacial score (nSPS) is 35.1. The first kappa shape index (κ1) is 16.3. The van der Waals surface area contributed by atoms with E-state index in [2.05, 4.69) is 13.8 Å². The lowest BCUT2D eigenvalue weighted by Gasteiger charge is -2.38. The van der Waals surface area contributed by atoms with E-state index in [0.29, 0.717) is 12.0 Å². The first-order valence-electron chi connectivity index (χ1n) is 9.10. The van der Waals surface area contributed by atoms with Gasteiger partial charge >= 0.3 is 0 Å². The van der Waals surface area contributed by atoms with Crippen LogP contribution in [0.25, 0.3) is 0 Å². The standard InChI is InChI=1S/C18H34O2/c1-3-5-6-8-17-13-14-19-18(20-17)16-11-9-15(7-4-2)10-12-16/h15-18H,3-14H2,1-2H3/t15?,16?,17-,18-/m0/s1. The number of unbranched alkanes of at least 4 members (excludes halogenated alkanes) is 2. The lowest BCUT2D eigenvalue weighted by atomic mass is 9.79. The average Bonchev–Trinajstić information content (AvgIpc) is 2.49. The molecule has 2 heteroatoms. The number of hydrogen-bond acceptors (Lipinski definition) is 2. The third kappa shape index (κ3) is 5.04. The Morgan fingerprint density at radius 2 is 1.65 bits per heavy atom. The van der Waals surface area contributed by atoms with E-state index in [9.17, 15) is 0 Å². The smallest absolute Gasteiger partial charge is 0.160 e. The first-order chi connectivity index (χ1) is 9.83. The molecule has 2 rings (SSSR count). The fraction of sp³-hybridized carbons (Fsp3) is 1.00. The molecule has 0 radical (unpaired) electrons. The van der Waals surface area contributed by atoms with Gasteiger partial charge in [0.2, 0.25) is 0 Å². The molecular weight excluding hydrogens is 248 g/mol. The van der Waals surface area contributed by atoms with Gasteiger partial charge in [-0.3, -0.25) is 0 Å². The molecule has 2 fully saturated rings. The van der Waals surface area contributed by atoms with Crippen LogP contribution < -0.4 is 0 Å². The van der Waals surface area contributed by atoms with Crippen LogP contribution in [0.1, 0.15) is 84.5 Å². The van der Waals surface area contributed by atoms with Crippen LogP contribution in [0.5, 0.6) is 0 Å². The van der Waals surface area contributed by atoms with E-state index in [-0.39, 0.29) is 6.29 Å². The SMILES string of the molecule is CCCCC[C@H]1CCO[C@H](C2CCC(CCC)CC2)O1. The van der Waals surface area contributed by atoms with E-state index in [0.717, 1.165) is 18.9 Å². The Kier molecular flexibility index (Phi) is 7.37. The number of rotatable bonds is 7. The van der Waals surface area contributed by atoms with Crippen molar-refractivity contribution >= 4 is 0 Å². The van der Waals surface area contributed by atoms with Crippen molar-refractivity contribution in [2.24, 2.45) is 11.8 Å². The van der Waals surface area contributed by atoms with Crippen LogP contribution in [0.15, 0.2) is 0 Å². The second-order valence-corrected chi connectivity index (χ2v) is 6.85. The van der Waals surface area contributed by atoms with Crippen LogP contribution in [0.3, 0.4) is 0 Å². The molecule has 0 aromatic rings. The quantitative estimate of drug-likeness (QED) is 0.589. The van der Waals surface area contributed by atoms with Crippen molar-refractivity contribution in [1.82, 2.24) is 0 Å². The molecule has 118 valence electrons. The molecule has 0 unspecified atom stereocenters. The molecule has 2 atom stereocenters. The molecular formula is C18H34O2. The van der Waals surface area contributed by atoms with Gasteiger partial charge in [-0.2, -0.15) is 0 Å². The molecule has 1 saturated carbocycles. The molecule has 1 heterocycles. The maximum Gasteiger partial charge on any atom is 0.160 e. The zero-order valence-electron chi connectivity index (χ0n) is 13.6. The zero-order valence-corrected chi connectivity index (χ0v) is 13.6. The molecule has 1 aliphatic heterocycles. The lowest BCUT2D eigenvalue weighted by Crippen LogP contribution is -2.38. The molecule has 0 N–H and O–H groups in total. The molecule has 0 aromatic heterocycles. The van der Waals surface area contributed by atoms with Gasteiger partial charge < -0.3 is 9.47 Å². The van der Waals surface area contributed by atoms with E-state index >= 15 is 0 Å². The minimum absolute atomic E-state index is 0.109. The Labute approximate surface area is 125 Å². The van der Waals surface area contributed by atoms with Gasteiger partial charge in [0.05, 0.1) is 12.7 Å². The van der Waals surface area contributed by atoms with Crippen LogP contribution in [-0.2, 0) is 9.47 Å². The summed E-state index contributed by atoms with van der Waals surface area (Å²) in [6.45, 7) is 5.49. The van der Waals surface area contributed by atoms with Crippen molar-refractivity contribution < 1.29 is 9.47 Å². The van der Waals surface area contributed by atoms with Crippen LogP contribution in [-0.4, -0.2) is 19.0 Å². The molecule has 0 aromatic carbocycles.